The van der Waals surface area contributed by atoms with E-state index >= 15 is 0 Å². The highest BCUT2D eigenvalue weighted by Crippen LogP contribution is 2.38. The Kier molecular flexibility index (Phi) is 2.85. The average molecular weight is 282 g/mol. The van der Waals surface area contributed by atoms with Crippen LogP contribution >= 0.6 is 0 Å². The number of rotatable bonds is 4. The van der Waals surface area contributed by atoms with Crippen molar-refractivity contribution in [1.29, 1.82) is 0 Å². The molecule has 0 aliphatic heterocycles. The molecule has 0 atom stereocenters. The molecule has 0 N–H and O–H groups in total. The molecular formula is C12H11FN2O3S. The summed E-state index contributed by atoms with van der Waals surface area (Å²) in [4.78, 5) is 4.12. The Morgan fingerprint density at radius 1 is 1.26 bits per heavy atom. The topological polar surface area (TPSA) is 73.1 Å². The molecule has 2 aromatic rings. The van der Waals surface area contributed by atoms with E-state index in [1.54, 1.807) is 0 Å². The van der Waals surface area contributed by atoms with Gasteiger partial charge in [-0.15, -0.1) is 0 Å². The molecule has 0 bridgehead atoms. The predicted molar refractivity (Wildman–Crippen MR) is 63.6 cm³/mol. The smallest absolute Gasteiger partial charge is 0.229 e. The zero-order chi connectivity index (χ0) is 13.5. The summed E-state index contributed by atoms with van der Waals surface area (Å²) in [5.74, 6) is 0.120. The summed E-state index contributed by atoms with van der Waals surface area (Å²) in [6, 6.07) is 4.68. The Morgan fingerprint density at radius 3 is 2.58 bits per heavy atom. The summed E-state index contributed by atoms with van der Waals surface area (Å²) in [6.45, 7) is 0. The van der Waals surface area contributed by atoms with Crippen molar-refractivity contribution < 1.29 is 17.3 Å². The molecule has 1 aliphatic rings. The lowest BCUT2D eigenvalue weighted by Gasteiger charge is -2.00. The first kappa shape index (κ1) is 12.3. The lowest BCUT2D eigenvalue weighted by atomic mass is 10.4. The first-order chi connectivity index (χ1) is 9.04. The highest BCUT2D eigenvalue weighted by atomic mass is 32.2. The van der Waals surface area contributed by atoms with Crippen LogP contribution in [0.15, 0.2) is 33.7 Å². The van der Waals surface area contributed by atoms with Crippen molar-refractivity contribution >= 4 is 9.84 Å². The molecule has 1 aromatic carbocycles. The molecule has 1 saturated carbocycles. The van der Waals surface area contributed by atoms with Crippen molar-refractivity contribution in [3.8, 4) is 0 Å². The third-order valence-corrected chi connectivity index (χ3v) is 4.53. The fraction of sp³-hybridized carbons (Fsp3) is 0.333. The SMILES string of the molecule is O=S(=O)(Cc1noc(C2CC2)n1)c1ccc(F)cc1. The summed E-state index contributed by atoms with van der Waals surface area (Å²) in [5, 5.41) is 3.67. The number of hydrogen-bond donors (Lipinski definition) is 0. The van der Waals surface area contributed by atoms with Gasteiger partial charge in [-0.2, -0.15) is 4.98 Å². The number of benzene rings is 1. The predicted octanol–water partition coefficient (Wildman–Crippen LogP) is 2.06. The summed E-state index contributed by atoms with van der Waals surface area (Å²) in [7, 11) is -3.57. The lowest BCUT2D eigenvalue weighted by molar-refractivity contribution is 0.375. The lowest BCUT2D eigenvalue weighted by Crippen LogP contribution is -2.06. The molecule has 0 amide bonds. The molecule has 1 heterocycles. The number of aromatic nitrogens is 2. The van der Waals surface area contributed by atoms with Crippen LogP contribution in [0.2, 0.25) is 0 Å². The summed E-state index contributed by atoms with van der Waals surface area (Å²) in [5.41, 5.74) is 0. The monoisotopic (exact) mass is 282 g/mol. The van der Waals surface area contributed by atoms with E-state index in [9.17, 15) is 12.8 Å². The number of halogens is 1. The molecule has 5 nitrogen and oxygen atoms in total. The largest absolute Gasteiger partial charge is 0.339 e. The molecule has 1 aromatic heterocycles. The highest BCUT2D eigenvalue weighted by molar-refractivity contribution is 7.90. The molecule has 0 spiro atoms. The minimum absolute atomic E-state index is 0.0478. The Balaban J connectivity index is 1.81. The van der Waals surface area contributed by atoms with E-state index in [0.29, 0.717) is 5.89 Å². The third-order valence-electron chi connectivity index (χ3n) is 2.90. The second-order valence-corrected chi connectivity index (χ2v) is 6.53. The van der Waals surface area contributed by atoms with Gasteiger partial charge < -0.3 is 4.52 Å². The van der Waals surface area contributed by atoms with Crippen LogP contribution in [0, 0.1) is 5.82 Å². The number of hydrogen-bond acceptors (Lipinski definition) is 5. The van der Waals surface area contributed by atoms with E-state index in [-0.39, 0.29) is 22.4 Å². The van der Waals surface area contributed by atoms with E-state index < -0.39 is 15.7 Å². The van der Waals surface area contributed by atoms with Gasteiger partial charge in [-0.25, -0.2) is 12.8 Å². The van der Waals surface area contributed by atoms with Gasteiger partial charge in [0, 0.05) is 5.92 Å². The molecule has 3 rings (SSSR count). The third kappa shape index (κ3) is 2.65. The Morgan fingerprint density at radius 2 is 1.95 bits per heavy atom. The molecule has 100 valence electrons. The summed E-state index contributed by atoms with van der Waals surface area (Å²) >= 11 is 0. The first-order valence-electron chi connectivity index (χ1n) is 5.85. The van der Waals surface area contributed by atoms with Gasteiger partial charge >= 0.3 is 0 Å². The van der Waals surface area contributed by atoms with Gasteiger partial charge in [0.25, 0.3) is 0 Å². The zero-order valence-corrected chi connectivity index (χ0v) is 10.7. The molecule has 0 radical (unpaired) electrons. The quantitative estimate of drug-likeness (QED) is 0.802. The summed E-state index contributed by atoms with van der Waals surface area (Å²) < 4.78 is 41.9. The molecule has 1 fully saturated rings. The Hall–Kier alpha value is -1.76. The van der Waals surface area contributed by atoms with Gasteiger partial charge in [0.15, 0.2) is 15.7 Å². The van der Waals surface area contributed by atoms with Gasteiger partial charge in [0.05, 0.1) is 4.90 Å². The van der Waals surface area contributed by atoms with Crippen LogP contribution in [-0.4, -0.2) is 18.6 Å². The number of nitrogens with zero attached hydrogens (tertiary/aromatic N) is 2. The van der Waals surface area contributed by atoms with Crippen LogP contribution in [0.1, 0.15) is 30.5 Å². The summed E-state index contributed by atoms with van der Waals surface area (Å²) in [6.07, 6.45) is 2.01. The standard InChI is InChI=1S/C12H11FN2O3S/c13-9-3-5-10(6-4-9)19(16,17)7-11-14-12(18-15-11)8-1-2-8/h3-6,8H,1-2,7H2. The molecule has 0 unspecified atom stereocenters. The van der Waals surface area contributed by atoms with E-state index in [1.807, 2.05) is 0 Å². The van der Waals surface area contributed by atoms with E-state index in [2.05, 4.69) is 10.1 Å². The maximum absolute atomic E-state index is 12.8. The van der Waals surface area contributed by atoms with Crippen LogP contribution < -0.4 is 0 Å². The van der Waals surface area contributed by atoms with E-state index in [1.165, 1.54) is 12.1 Å². The van der Waals surface area contributed by atoms with Gasteiger partial charge in [-0.3, -0.25) is 0 Å². The molecule has 1 aliphatic carbocycles. The minimum atomic E-state index is -3.57. The maximum atomic E-state index is 12.8. The van der Waals surface area contributed by atoms with Crippen LogP contribution in [0.5, 0.6) is 0 Å². The fourth-order valence-electron chi connectivity index (χ4n) is 1.72. The van der Waals surface area contributed by atoms with Gasteiger partial charge in [-0.05, 0) is 37.1 Å². The van der Waals surface area contributed by atoms with Crippen molar-refractivity contribution in [3.05, 3.63) is 41.8 Å². The van der Waals surface area contributed by atoms with Crippen molar-refractivity contribution in [2.75, 3.05) is 0 Å². The molecule has 19 heavy (non-hydrogen) atoms. The second kappa shape index (κ2) is 4.41. The van der Waals surface area contributed by atoms with Crippen molar-refractivity contribution in [1.82, 2.24) is 10.1 Å². The van der Waals surface area contributed by atoms with Crippen LogP contribution in [-0.2, 0) is 15.6 Å². The first-order valence-corrected chi connectivity index (χ1v) is 7.50. The van der Waals surface area contributed by atoms with Gasteiger partial charge in [0.1, 0.15) is 11.6 Å². The highest BCUT2D eigenvalue weighted by Gasteiger charge is 2.30. The molecule has 7 heteroatoms. The molecule has 0 saturated heterocycles. The van der Waals surface area contributed by atoms with Crippen LogP contribution in [0.25, 0.3) is 0 Å². The van der Waals surface area contributed by atoms with E-state index in [4.69, 9.17) is 4.52 Å². The zero-order valence-electron chi connectivity index (χ0n) is 9.91. The average Bonchev–Trinajstić information content (AvgIpc) is 3.11. The van der Waals surface area contributed by atoms with Crippen molar-refractivity contribution in [2.45, 2.75) is 29.4 Å². The second-order valence-electron chi connectivity index (χ2n) is 4.54. The van der Waals surface area contributed by atoms with Crippen molar-refractivity contribution in [3.63, 3.8) is 0 Å². The van der Waals surface area contributed by atoms with Crippen LogP contribution in [0.4, 0.5) is 4.39 Å². The minimum Gasteiger partial charge on any atom is -0.339 e. The number of sulfone groups is 1. The Bertz CT molecular complexity index is 690. The van der Waals surface area contributed by atoms with Gasteiger partial charge in [0.2, 0.25) is 5.89 Å². The normalized spacial score (nSPS) is 15.6. The molecular weight excluding hydrogens is 271 g/mol. The maximum Gasteiger partial charge on any atom is 0.229 e. The van der Waals surface area contributed by atoms with E-state index in [0.717, 1.165) is 25.0 Å². The Labute approximate surface area is 109 Å². The van der Waals surface area contributed by atoms with Crippen molar-refractivity contribution in [2.24, 2.45) is 0 Å². The van der Waals surface area contributed by atoms with Crippen LogP contribution in [0.3, 0.4) is 0 Å². The van der Waals surface area contributed by atoms with Gasteiger partial charge in [-0.1, -0.05) is 5.16 Å². The fourth-order valence-corrected chi connectivity index (χ4v) is 2.89.